The Labute approximate surface area is 137 Å². The van der Waals surface area contributed by atoms with E-state index in [0.29, 0.717) is 22.3 Å². The van der Waals surface area contributed by atoms with E-state index in [1.165, 1.54) is 10.9 Å². The molecule has 24 heavy (non-hydrogen) atoms. The van der Waals surface area contributed by atoms with Gasteiger partial charge in [0.05, 0.1) is 5.69 Å². The molecule has 0 radical (unpaired) electrons. The minimum Gasteiger partial charge on any atom is -0.399 e. The molecule has 1 heterocycles. The zero-order valence-corrected chi connectivity index (χ0v) is 13.1. The average Bonchev–Trinajstić information content (AvgIpc) is 2.99. The van der Waals surface area contributed by atoms with Crippen LogP contribution in [0, 0.1) is 0 Å². The Kier molecular flexibility index (Phi) is 3.05. The second-order valence-electron chi connectivity index (χ2n) is 5.35. The summed E-state index contributed by atoms with van der Waals surface area (Å²) >= 11 is 0. The molecular weight excluding hydrogens is 328 g/mol. The molecule has 0 spiro atoms. The summed E-state index contributed by atoms with van der Waals surface area (Å²) in [5.74, 6) is 0. The fourth-order valence-corrected chi connectivity index (χ4v) is 3.28. The zero-order valence-electron chi connectivity index (χ0n) is 12.3. The van der Waals surface area contributed by atoms with Gasteiger partial charge in [0.2, 0.25) is 0 Å². The van der Waals surface area contributed by atoms with Gasteiger partial charge in [-0.1, -0.05) is 24.3 Å². The third-order valence-electron chi connectivity index (χ3n) is 3.75. The Morgan fingerprint density at radius 3 is 2.33 bits per heavy atom. The highest BCUT2D eigenvalue weighted by molar-refractivity contribution is 7.86. The van der Waals surface area contributed by atoms with E-state index < -0.39 is 10.1 Å². The second-order valence-corrected chi connectivity index (χ2v) is 6.74. The number of rotatable bonds is 2. The van der Waals surface area contributed by atoms with Crippen molar-refractivity contribution in [3.05, 3.63) is 54.6 Å². The van der Waals surface area contributed by atoms with Gasteiger partial charge in [0.1, 0.15) is 15.9 Å². The summed E-state index contributed by atoms with van der Waals surface area (Å²) in [6.45, 7) is 0. The van der Waals surface area contributed by atoms with E-state index in [4.69, 9.17) is 5.73 Å². The summed E-state index contributed by atoms with van der Waals surface area (Å²) in [7, 11) is -4.43. The highest BCUT2D eigenvalue weighted by atomic mass is 32.2. The van der Waals surface area contributed by atoms with Crippen molar-refractivity contribution in [2.45, 2.75) is 4.90 Å². The van der Waals surface area contributed by atoms with Gasteiger partial charge in [-0.05, 0) is 35.7 Å². The van der Waals surface area contributed by atoms with Crippen LogP contribution in [0.2, 0.25) is 0 Å². The first-order chi connectivity index (χ1) is 11.4. The van der Waals surface area contributed by atoms with Crippen LogP contribution in [0.3, 0.4) is 0 Å². The molecule has 3 aromatic carbocycles. The molecule has 1 aromatic heterocycles. The maximum absolute atomic E-state index is 11.7. The maximum Gasteiger partial charge on any atom is 0.296 e. The van der Waals surface area contributed by atoms with E-state index in [-0.39, 0.29) is 10.4 Å². The van der Waals surface area contributed by atoms with Gasteiger partial charge in [-0.3, -0.25) is 4.55 Å². The average molecular weight is 340 g/mol. The first kappa shape index (κ1) is 14.6. The van der Waals surface area contributed by atoms with Crippen LogP contribution < -0.4 is 5.73 Å². The normalized spacial score (nSPS) is 12.0. The molecule has 0 bridgehead atoms. The van der Waals surface area contributed by atoms with Crippen molar-refractivity contribution in [3.8, 4) is 5.69 Å². The fourth-order valence-electron chi connectivity index (χ4n) is 2.62. The van der Waals surface area contributed by atoms with E-state index in [2.05, 4.69) is 10.2 Å². The minimum absolute atomic E-state index is 0.119. The molecule has 0 saturated heterocycles. The number of hydrogen-bond donors (Lipinski definition) is 2. The number of aromatic nitrogens is 3. The van der Waals surface area contributed by atoms with E-state index in [1.54, 1.807) is 36.4 Å². The van der Waals surface area contributed by atoms with Crippen LogP contribution in [0.5, 0.6) is 0 Å². The summed E-state index contributed by atoms with van der Waals surface area (Å²) in [5, 5.41) is 10.1. The van der Waals surface area contributed by atoms with Crippen LogP contribution in [0.1, 0.15) is 0 Å². The largest absolute Gasteiger partial charge is 0.399 e. The second kappa shape index (κ2) is 5.02. The van der Waals surface area contributed by atoms with Crippen LogP contribution in [0.4, 0.5) is 5.69 Å². The number of anilines is 1. The van der Waals surface area contributed by atoms with Crippen LogP contribution in [0.25, 0.3) is 27.5 Å². The number of nitrogens with two attached hydrogens (primary N) is 1. The van der Waals surface area contributed by atoms with Crippen molar-refractivity contribution in [1.82, 2.24) is 15.0 Å². The molecule has 0 aliphatic carbocycles. The zero-order chi connectivity index (χ0) is 16.9. The lowest BCUT2D eigenvalue weighted by molar-refractivity contribution is 0.484. The standard InChI is InChI=1S/C16H12N4O3S/c17-11-5-7-12(8-6-11)20-18-15-13-4-2-1-3-10(13)9-14(16(15)19-20)24(21,22)23/h1-9H,17H2,(H,21,22,23). The molecule has 3 N–H and O–H groups in total. The monoisotopic (exact) mass is 340 g/mol. The number of benzene rings is 3. The van der Waals surface area contributed by atoms with E-state index in [9.17, 15) is 13.0 Å². The van der Waals surface area contributed by atoms with Crippen molar-refractivity contribution >= 4 is 37.6 Å². The number of nitrogen functional groups attached to an aromatic ring is 1. The third kappa shape index (κ3) is 2.29. The summed E-state index contributed by atoms with van der Waals surface area (Å²) < 4.78 is 33.0. The third-order valence-corrected chi connectivity index (χ3v) is 4.62. The predicted molar refractivity (Wildman–Crippen MR) is 90.6 cm³/mol. The van der Waals surface area contributed by atoms with E-state index in [0.717, 1.165) is 5.39 Å². The molecule has 4 rings (SSSR count). The van der Waals surface area contributed by atoms with E-state index >= 15 is 0 Å². The van der Waals surface area contributed by atoms with E-state index in [1.807, 2.05) is 12.1 Å². The van der Waals surface area contributed by atoms with Crippen molar-refractivity contribution < 1.29 is 13.0 Å². The Morgan fingerprint density at radius 1 is 0.958 bits per heavy atom. The summed E-state index contributed by atoms with van der Waals surface area (Å²) in [4.78, 5) is 1.06. The van der Waals surface area contributed by atoms with Crippen molar-refractivity contribution in [3.63, 3.8) is 0 Å². The Morgan fingerprint density at radius 2 is 1.62 bits per heavy atom. The van der Waals surface area contributed by atoms with Crippen molar-refractivity contribution in [1.29, 1.82) is 0 Å². The predicted octanol–water partition coefficient (Wildman–Crippen LogP) is 2.40. The minimum atomic E-state index is -4.43. The van der Waals surface area contributed by atoms with Crippen molar-refractivity contribution in [2.24, 2.45) is 0 Å². The lowest BCUT2D eigenvalue weighted by atomic mass is 10.1. The number of fused-ring (bicyclic) bond motifs is 3. The lowest BCUT2D eigenvalue weighted by Gasteiger charge is -2.01. The lowest BCUT2D eigenvalue weighted by Crippen LogP contribution is -2.01. The molecule has 0 saturated carbocycles. The van der Waals surface area contributed by atoms with Crippen LogP contribution in [0.15, 0.2) is 59.5 Å². The van der Waals surface area contributed by atoms with Gasteiger partial charge >= 0.3 is 0 Å². The van der Waals surface area contributed by atoms with Crippen LogP contribution >= 0.6 is 0 Å². The van der Waals surface area contributed by atoms with Gasteiger partial charge in [-0.25, -0.2) is 0 Å². The molecule has 0 unspecified atom stereocenters. The first-order valence-corrected chi connectivity index (χ1v) is 8.50. The molecule has 120 valence electrons. The molecule has 7 nitrogen and oxygen atoms in total. The van der Waals surface area contributed by atoms with Gasteiger partial charge in [-0.2, -0.15) is 13.2 Å². The maximum atomic E-state index is 11.7. The van der Waals surface area contributed by atoms with Gasteiger partial charge in [0.25, 0.3) is 10.1 Å². The van der Waals surface area contributed by atoms with Gasteiger partial charge in [-0.15, -0.1) is 10.2 Å². The molecule has 0 atom stereocenters. The summed E-state index contributed by atoms with van der Waals surface area (Å²) in [6, 6.07) is 15.4. The Hall–Kier alpha value is -2.97. The fraction of sp³-hybridized carbons (Fsp3) is 0. The van der Waals surface area contributed by atoms with Crippen LogP contribution in [-0.4, -0.2) is 28.0 Å². The smallest absolute Gasteiger partial charge is 0.296 e. The van der Waals surface area contributed by atoms with Crippen LogP contribution in [-0.2, 0) is 10.1 Å². The summed E-state index contributed by atoms with van der Waals surface area (Å²) in [6.07, 6.45) is 0. The van der Waals surface area contributed by atoms with Gasteiger partial charge in [0.15, 0.2) is 0 Å². The number of nitrogens with zero attached hydrogens (tertiary/aromatic N) is 3. The number of hydrogen-bond acceptors (Lipinski definition) is 5. The topological polar surface area (TPSA) is 111 Å². The summed E-state index contributed by atoms with van der Waals surface area (Å²) in [5.41, 5.74) is 7.42. The molecular formula is C16H12N4O3S. The SMILES string of the molecule is Nc1ccc(-n2nc3c(S(=O)(=O)O)cc4ccccc4c3n2)cc1. The molecule has 4 aromatic rings. The quantitative estimate of drug-likeness (QED) is 0.428. The Bertz CT molecular complexity index is 1180. The molecule has 8 heteroatoms. The Balaban J connectivity index is 2.10. The molecule has 0 aliphatic rings. The highest BCUT2D eigenvalue weighted by Crippen LogP contribution is 2.29. The first-order valence-electron chi connectivity index (χ1n) is 7.06. The molecule has 0 fully saturated rings. The van der Waals surface area contributed by atoms with Gasteiger partial charge < -0.3 is 5.73 Å². The molecule has 0 amide bonds. The van der Waals surface area contributed by atoms with Crippen molar-refractivity contribution in [2.75, 3.05) is 5.73 Å². The highest BCUT2D eigenvalue weighted by Gasteiger charge is 2.21. The van der Waals surface area contributed by atoms with Gasteiger partial charge in [0, 0.05) is 11.1 Å². The molecule has 0 aliphatic heterocycles.